The average molecular weight is 237 g/mol. The van der Waals surface area contributed by atoms with Crippen LogP contribution < -0.4 is 10.6 Å². The Kier molecular flexibility index (Phi) is 7.74. The summed E-state index contributed by atoms with van der Waals surface area (Å²) in [6, 6.07) is 0.670. The third-order valence-electron chi connectivity index (χ3n) is 2.64. The van der Waals surface area contributed by atoms with Crippen molar-refractivity contribution in [3.05, 3.63) is 0 Å². The molecule has 2 atom stereocenters. The third-order valence-corrected chi connectivity index (χ3v) is 2.64. The number of hydrogen-bond donors (Lipinski definition) is 2. The van der Waals surface area contributed by atoms with Gasteiger partial charge in [-0.15, -0.1) is 12.4 Å². The number of amides is 1. The first-order valence-electron chi connectivity index (χ1n) is 5.25. The molecule has 0 radical (unpaired) electrons. The Hall–Kier alpha value is -0.320. The third kappa shape index (κ3) is 5.35. The van der Waals surface area contributed by atoms with Crippen molar-refractivity contribution < 1.29 is 9.53 Å². The summed E-state index contributed by atoms with van der Waals surface area (Å²) < 4.78 is 4.85. The molecule has 0 aromatic carbocycles. The average Bonchev–Trinajstić information content (AvgIpc) is 2.18. The summed E-state index contributed by atoms with van der Waals surface area (Å²) in [7, 11) is 1.61. The zero-order valence-electron chi connectivity index (χ0n) is 9.41. The van der Waals surface area contributed by atoms with E-state index >= 15 is 0 Å². The number of ether oxygens (including phenoxy) is 1. The van der Waals surface area contributed by atoms with E-state index in [1.165, 1.54) is 0 Å². The zero-order valence-corrected chi connectivity index (χ0v) is 10.2. The number of nitrogens with one attached hydrogen (secondary N) is 2. The van der Waals surface area contributed by atoms with Crippen molar-refractivity contribution in [2.24, 2.45) is 0 Å². The lowest BCUT2D eigenvalue weighted by molar-refractivity contribution is -0.123. The maximum Gasteiger partial charge on any atom is 0.222 e. The van der Waals surface area contributed by atoms with Gasteiger partial charge in [0.1, 0.15) is 0 Å². The van der Waals surface area contributed by atoms with E-state index in [-0.39, 0.29) is 24.4 Å². The molecular weight excluding hydrogens is 216 g/mol. The molecule has 5 heteroatoms. The second kappa shape index (κ2) is 7.91. The molecule has 1 aliphatic heterocycles. The number of hydrogen-bond acceptors (Lipinski definition) is 3. The van der Waals surface area contributed by atoms with Gasteiger partial charge in [0.15, 0.2) is 0 Å². The highest BCUT2D eigenvalue weighted by Crippen LogP contribution is 2.08. The van der Waals surface area contributed by atoms with Crippen molar-refractivity contribution in [2.75, 3.05) is 20.3 Å². The van der Waals surface area contributed by atoms with Gasteiger partial charge in [0, 0.05) is 25.6 Å². The van der Waals surface area contributed by atoms with Gasteiger partial charge in [-0.25, -0.2) is 0 Å². The summed E-state index contributed by atoms with van der Waals surface area (Å²) in [6.07, 6.45) is 2.67. The highest BCUT2D eigenvalue weighted by molar-refractivity contribution is 5.85. The Balaban J connectivity index is 0.00000196. The smallest absolute Gasteiger partial charge is 0.222 e. The maximum atomic E-state index is 11.4. The number of carbonyl (C=O) groups excluding carboxylic acids is 1. The van der Waals surface area contributed by atoms with Crippen LogP contribution in [0.5, 0.6) is 0 Å². The van der Waals surface area contributed by atoms with E-state index in [0.29, 0.717) is 19.1 Å². The highest BCUT2D eigenvalue weighted by Gasteiger charge is 2.21. The van der Waals surface area contributed by atoms with Gasteiger partial charge in [-0.1, -0.05) is 0 Å². The van der Waals surface area contributed by atoms with Crippen LogP contribution in [0.1, 0.15) is 26.2 Å². The van der Waals surface area contributed by atoms with Crippen LogP contribution in [0.4, 0.5) is 0 Å². The summed E-state index contributed by atoms with van der Waals surface area (Å²) in [5.41, 5.74) is 0. The van der Waals surface area contributed by atoms with Crippen molar-refractivity contribution in [1.82, 2.24) is 10.6 Å². The lowest BCUT2D eigenvalue weighted by Gasteiger charge is -2.30. The van der Waals surface area contributed by atoms with Crippen molar-refractivity contribution in [3.63, 3.8) is 0 Å². The van der Waals surface area contributed by atoms with Crippen LogP contribution in [0, 0.1) is 0 Å². The molecule has 1 rings (SSSR count). The minimum Gasteiger partial charge on any atom is -0.384 e. The van der Waals surface area contributed by atoms with Crippen molar-refractivity contribution >= 4 is 18.3 Å². The number of rotatable bonds is 4. The van der Waals surface area contributed by atoms with Crippen molar-refractivity contribution in [1.29, 1.82) is 0 Å². The molecule has 0 bridgehead atoms. The van der Waals surface area contributed by atoms with Gasteiger partial charge in [0.05, 0.1) is 6.61 Å². The summed E-state index contributed by atoms with van der Waals surface area (Å²) in [6.45, 7) is 3.67. The molecule has 0 spiro atoms. The standard InChI is InChI=1S/C10H20N2O2.ClH/c1-8-9(4-3-6-11-8)12-10(13)5-7-14-2;/h8-9,11H,3-7H2,1-2H3,(H,12,13);1H. The van der Waals surface area contributed by atoms with Crippen LogP contribution in [0.3, 0.4) is 0 Å². The van der Waals surface area contributed by atoms with E-state index in [1.807, 2.05) is 0 Å². The molecule has 0 aliphatic carbocycles. The number of methoxy groups -OCH3 is 1. The fraction of sp³-hybridized carbons (Fsp3) is 0.900. The predicted octanol–water partition coefficient (Wildman–Crippen LogP) is 0.701. The Morgan fingerprint density at radius 1 is 1.60 bits per heavy atom. The molecule has 1 amide bonds. The lowest BCUT2D eigenvalue weighted by atomic mass is 10.00. The van der Waals surface area contributed by atoms with Crippen LogP contribution in [0.2, 0.25) is 0 Å². The van der Waals surface area contributed by atoms with Gasteiger partial charge in [0.25, 0.3) is 0 Å². The molecule has 0 aromatic rings. The van der Waals surface area contributed by atoms with E-state index in [0.717, 1.165) is 19.4 Å². The van der Waals surface area contributed by atoms with Crippen LogP contribution in [0.25, 0.3) is 0 Å². The molecule has 2 N–H and O–H groups in total. The molecule has 2 unspecified atom stereocenters. The SMILES string of the molecule is COCCC(=O)NC1CCCNC1C.Cl. The van der Waals surface area contributed by atoms with Crippen LogP contribution >= 0.6 is 12.4 Å². The van der Waals surface area contributed by atoms with Crippen LogP contribution in [-0.2, 0) is 9.53 Å². The zero-order chi connectivity index (χ0) is 10.4. The fourth-order valence-electron chi connectivity index (χ4n) is 1.71. The molecule has 90 valence electrons. The fourth-order valence-corrected chi connectivity index (χ4v) is 1.71. The van der Waals surface area contributed by atoms with E-state index in [2.05, 4.69) is 17.6 Å². The second-order valence-electron chi connectivity index (χ2n) is 3.80. The second-order valence-corrected chi connectivity index (χ2v) is 3.80. The molecule has 1 aliphatic rings. The predicted molar refractivity (Wildman–Crippen MR) is 62.4 cm³/mol. The van der Waals surface area contributed by atoms with Gasteiger partial charge >= 0.3 is 0 Å². The summed E-state index contributed by atoms with van der Waals surface area (Å²) >= 11 is 0. The van der Waals surface area contributed by atoms with E-state index in [4.69, 9.17) is 4.74 Å². The topological polar surface area (TPSA) is 50.4 Å². The Bertz CT molecular complexity index is 190. The van der Waals surface area contributed by atoms with Gasteiger partial charge in [-0.3, -0.25) is 4.79 Å². The summed E-state index contributed by atoms with van der Waals surface area (Å²) in [4.78, 5) is 11.4. The lowest BCUT2D eigenvalue weighted by Crippen LogP contribution is -2.52. The summed E-state index contributed by atoms with van der Waals surface area (Å²) in [5, 5.41) is 6.37. The van der Waals surface area contributed by atoms with E-state index in [1.54, 1.807) is 7.11 Å². The molecule has 0 aromatic heterocycles. The number of carbonyl (C=O) groups is 1. The largest absolute Gasteiger partial charge is 0.384 e. The van der Waals surface area contributed by atoms with E-state index < -0.39 is 0 Å². The normalized spacial score (nSPS) is 25.5. The van der Waals surface area contributed by atoms with E-state index in [9.17, 15) is 4.79 Å². The van der Waals surface area contributed by atoms with Crippen molar-refractivity contribution in [3.8, 4) is 0 Å². The first kappa shape index (κ1) is 14.7. The molecule has 0 saturated carbocycles. The van der Waals surface area contributed by atoms with Gasteiger partial charge < -0.3 is 15.4 Å². The molecule has 1 fully saturated rings. The quantitative estimate of drug-likeness (QED) is 0.756. The molecular formula is C10H21ClN2O2. The molecule has 1 saturated heterocycles. The molecule has 4 nitrogen and oxygen atoms in total. The maximum absolute atomic E-state index is 11.4. The van der Waals surface area contributed by atoms with Gasteiger partial charge in [-0.05, 0) is 26.3 Å². The Morgan fingerprint density at radius 2 is 2.33 bits per heavy atom. The number of piperidine rings is 1. The van der Waals surface area contributed by atoms with Crippen molar-refractivity contribution in [2.45, 2.75) is 38.3 Å². The Morgan fingerprint density at radius 3 is 2.93 bits per heavy atom. The summed E-state index contributed by atoms with van der Waals surface area (Å²) in [5.74, 6) is 0.0902. The minimum absolute atomic E-state index is 0. The first-order valence-corrected chi connectivity index (χ1v) is 5.25. The van der Waals surface area contributed by atoms with Crippen LogP contribution in [-0.4, -0.2) is 38.3 Å². The number of halogens is 1. The van der Waals surface area contributed by atoms with Gasteiger partial charge in [0.2, 0.25) is 5.91 Å². The van der Waals surface area contributed by atoms with Gasteiger partial charge in [-0.2, -0.15) is 0 Å². The molecule has 1 heterocycles. The molecule has 15 heavy (non-hydrogen) atoms. The monoisotopic (exact) mass is 236 g/mol. The first-order chi connectivity index (χ1) is 6.74. The minimum atomic E-state index is 0. The highest BCUT2D eigenvalue weighted by atomic mass is 35.5. The Labute approximate surface area is 97.5 Å². The van der Waals surface area contributed by atoms with Crippen LogP contribution in [0.15, 0.2) is 0 Å².